The van der Waals surface area contributed by atoms with Crippen LogP contribution in [0.2, 0.25) is 0 Å². The lowest BCUT2D eigenvalue weighted by atomic mass is 9.97. The molecule has 1 aliphatic carbocycles. The van der Waals surface area contributed by atoms with Gasteiger partial charge in [0.15, 0.2) is 9.84 Å². The molecule has 1 unspecified atom stereocenters. The lowest BCUT2D eigenvalue weighted by Gasteiger charge is -2.30. The highest BCUT2D eigenvalue weighted by Gasteiger charge is 2.31. The summed E-state index contributed by atoms with van der Waals surface area (Å²) in [7, 11) is -2.97. The van der Waals surface area contributed by atoms with Gasteiger partial charge in [-0.2, -0.15) is 0 Å². The minimum atomic E-state index is -2.97. The second-order valence-electron chi connectivity index (χ2n) is 12.4. The largest absolute Gasteiger partial charge is 0.354 e. The van der Waals surface area contributed by atoms with Crippen LogP contribution >= 0.6 is 11.3 Å². The van der Waals surface area contributed by atoms with Crippen LogP contribution in [0.1, 0.15) is 76.3 Å². The van der Waals surface area contributed by atoms with Crippen molar-refractivity contribution in [3.8, 4) is 0 Å². The Balaban J connectivity index is 1.40. The highest BCUT2D eigenvalue weighted by Crippen LogP contribution is 2.29. The number of hydrogen-bond acceptors (Lipinski definition) is 8. The van der Waals surface area contributed by atoms with Gasteiger partial charge < -0.3 is 20.9 Å². The Labute approximate surface area is 259 Å². The number of amides is 3. The number of fused-ring (bicyclic) bond motifs is 1. The minimum Gasteiger partial charge on any atom is -0.354 e. The second kappa shape index (κ2) is 14.9. The summed E-state index contributed by atoms with van der Waals surface area (Å²) in [6.07, 6.45) is 4.67. The summed E-state index contributed by atoms with van der Waals surface area (Å²) in [5.41, 5.74) is 2.12. The lowest BCUT2D eigenvalue weighted by molar-refractivity contribution is -0.129. The van der Waals surface area contributed by atoms with E-state index in [4.69, 9.17) is 4.98 Å². The molecule has 1 saturated heterocycles. The molecule has 0 bridgehead atoms. The van der Waals surface area contributed by atoms with Crippen LogP contribution in [0, 0.1) is 11.8 Å². The molecule has 3 N–H and O–H groups in total. The number of hydrogen-bond donors (Lipinski definition) is 3. The van der Waals surface area contributed by atoms with Gasteiger partial charge >= 0.3 is 0 Å². The van der Waals surface area contributed by atoms with Crippen molar-refractivity contribution in [2.75, 3.05) is 37.7 Å². The quantitative estimate of drug-likeness (QED) is 0.308. The van der Waals surface area contributed by atoms with E-state index in [9.17, 15) is 22.8 Å². The lowest BCUT2D eigenvalue weighted by Crippen LogP contribution is -2.55. The third-order valence-corrected chi connectivity index (χ3v) is 11.3. The van der Waals surface area contributed by atoms with E-state index in [2.05, 4.69) is 41.9 Å². The van der Waals surface area contributed by atoms with Crippen LogP contribution in [0.3, 0.4) is 0 Å². The Morgan fingerprint density at radius 2 is 1.74 bits per heavy atom. The van der Waals surface area contributed by atoms with Gasteiger partial charge in [0.2, 0.25) is 17.7 Å². The smallest absolute Gasteiger partial charge is 0.243 e. The zero-order chi connectivity index (χ0) is 31.1. The highest BCUT2D eigenvalue weighted by molar-refractivity contribution is 7.91. The van der Waals surface area contributed by atoms with Crippen LogP contribution in [-0.2, 0) is 30.6 Å². The number of rotatable bonds is 13. The van der Waals surface area contributed by atoms with Crippen molar-refractivity contribution in [3.05, 3.63) is 28.8 Å². The van der Waals surface area contributed by atoms with Crippen LogP contribution in [0.15, 0.2) is 18.2 Å². The van der Waals surface area contributed by atoms with Gasteiger partial charge in [-0.1, -0.05) is 46.6 Å². The topological polar surface area (TPSA) is 138 Å². The van der Waals surface area contributed by atoms with Crippen molar-refractivity contribution < 1.29 is 22.8 Å². The summed E-state index contributed by atoms with van der Waals surface area (Å²) < 4.78 is 24.5. The molecular formula is C31H47N5O5S2. The van der Waals surface area contributed by atoms with Gasteiger partial charge in [0.05, 0.1) is 26.7 Å². The molecule has 4 rings (SSSR count). The summed E-state index contributed by atoms with van der Waals surface area (Å²) in [4.78, 5) is 45.9. The average molecular weight is 634 g/mol. The minimum absolute atomic E-state index is 0.114. The molecule has 238 valence electrons. The molecule has 1 aromatic heterocycles. The zero-order valence-electron chi connectivity index (χ0n) is 25.9. The highest BCUT2D eigenvalue weighted by atomic mass is 32.2. The Bertz CT molecular complexity index is 1370. The fraction of sp³-hybridized carbons (Fsp3) is 0.677. The molecule has 1 saturated carbocycles. The monoisotopic (exact) mass is 633 g/mol. The molecule has 0 spiro atoms. The van der Waals surface area contributed by atoms with Crippen molar-refractivity contribution in [2.45, 2.75) is 84.2 Å². The first kappa shape index (κ1) is 33.3. The molecule has 1 aliphatic heterocycles. The summed E-state index contributed by atoms with van der Waals surface area (Å²) >= 11 is 1.55. The normalized spacial score (nSPS) is 19.7. The summed E-state index contributed by atoms with van der Waals surface area (Å²) in [5.74, 6) is 0.00436. The van der Waals surface area contributed by atoms with Crippen molar-refractivity contribution >= 4 is 49.1 Å². The summed E-state index contributed by atoms with van der Waals surface area (Å²) in [6, 6.07) is 5.21. The molecule has 2 fully saturated rings. The standard InChI is InChI=1S/C31H47N5O5S2/c1-5-28(37)33-25(17-29-34-24-11-10-23(20(2)3)16-27(24)42-29)31(39)35-26(22-8-6-7-9-22)18-32-30(38)21(4)19-36-12-14-43(40,41)15-13-36/h10-11,16,20-22,25-26H,5-9,12-15,17-19H2,1-4H3,(H,32,38)(H,33,37)(H,35,39)/t21?,25-,26+/m0/s1. The summed E-state index contributed by atoms with van der Waals surface area (Å²) in [6.45, 7) is 9.59. The van der Waals surface area contributed by atoms with Gasteiger partial charge in [0.25, 0.3) is 0 Å². The fourth-order valence-electron chi connectivity index (χ4n) is 5.88. The van der Waals surface area contributed by atoms with E-state index in [1.165, 1.54) is 5.56 Å². The maximum absolute atomic E-state index is 13.7. The van der Waals surface area contributed by atoms with Gasteiger partial charge in [0, 0.05) is 51.0 Å². The Hall–Kier alpha value is -2.57. The number of aromatic nitrogens is 1. The summed E-state index contributed by atoms with van der Waals surface area (Å²) in [5, 5.41) is 9.92. The van der Waals surface area contributed by atoms with E-state index < -0.39 is 15.9 Å². The predicted octanol–water partition coefficient (Wildman–Crippen LogP) is 3.01. The third-order valence-electron chi connectivity index (χ3n) is 8.68. The maximum Gasteiger partial charge on any atom is 0.243 e. The van der Waals surface area contributed by atoms with Gasteiger partial charge in [-0.15, -0.1) is 11.3 Å². The number of carbonyl (C=O) groups excluding carboxylic acids is 3. The van der Waals surface area contributed by atoms with Crippen molar-refractivity contribution in [1.82, 2.24) is 25.8 Å². The van der Waals surface area contributed by atoms with Gasteiger partial charge in [-0.25, -0.2) is 13.4 Å². The van der Waals surface area contributed by atoms with Crippen LogP contribution in [0.4, 0.5) is 0 Å². The maximum atomic E-state index is 13.7. The molecule has 3 amide bonds. The van der Waals surface area contributed by atoms with Gasteiger partial charge in [-0.05, 0) is 42.4 Å². The number of carbonyl (C=O) groups is 3. The van der Waals surface area contributed by atoms with E-state index in [-0.39, 0.29) is 53.5 Å². The molecule has 43 heavy (non-hydrogen) atoms. The first-order valence-electron chi connectivity index (χ1n) is 15.6. The van der Waals surface area contributed by atoms with E-state index in [0.29, 0.717) is 38.5 Å². The Morgan fingerprint density at radius 1 is 1.05 bits per heavy atom. The first-order valence-corrected chi connectivity index (χ1v) is 18.3. The van der Waals surface area contributed by atoms with E-state index >= 15 is 0 Å². The molecule has 3 atom stereocenters. The molecule has 0 radical (unpaired) electrons. The number of nitrogens with one attached hydrogen (secondary N) is 3. The van der Waals surface area contributed by atoms with E-state index in [1.807, 2.05) is 17.9 Å². The first-order chi connectivity index (χ1) is 20.4. The molecule has 12 heteroatoms. The number of sulfone groups is 1. The average Bonchev–Trinajstić information content (AvgIpc) is 3.65. The van der Waals surface area contributed by atoms with E-state index in [0.717, 1.165) is 40.9 Å². The van der Waals surface area contributed by atoms with Crippen molar-refractivity contribution in [3.63, 3.8) is 0 Å². The Kier molecular flexibility index (Phi) is 11.6. The van der Waals surface area contributed by atoms with Crippen LogP contribution in [0.5, 0.6) is 0 Å². The van der Waals surface area contributed by atoms with E-state index in [1.54, 1.807) is 18.3 Å². The van der Waals surface area contributed by atoms with Crippen LogP contribution in [-0.4, -0.2) is 85.8 Å². The van der Waals surface area contributed by atoms with Crippen molar-refractivity contribution in [2.24, 2.45) is 11.8 Å². The second-order valence-corrected chi connectivity index (χ2v) is 15.8. The number of nitrogens with zero attached hydrogens (tertiary/aromatic N) is 2. The SMILES string of the molecule is CCC(=O)N[C@@H](Cc1nc2ccc(C(C)C)cc2s1)C(=O)N[C@H](CNC(=O)C(C)CN1CCS(=O)(=O)CC1)C1CCCC1. The molecule has 10 nitrogen and oxygen atoms in total. The zero-order valence-corrected chi connectivity index (χ0v) is 27.5. The van der Waals surface area contributed by atoms with Crippen molar-refractivity contribution in [1.29, 1.82) is 0 Å². The molecule has 1 aromatic carbocycles. The van der Waals surface area contributed by atoms with Crippen LogP contribution < -0.4 is 16.0 Å². The molecular weight excluding hydrogens is 587 g/mol. The molecule has 2 aromatic rings. The Morgan fingerprint density at radius 3 is 2.40 bits per heavy atom. The van der Waals surface area contributed by atoms with Crippen LogP contribution in [0.25, 0.3) is 10.2 Å². The van der Waals surface area contributed by atoms with Gasteiger partial charge in [-0.3, -0.25) is 14.4 Å². The number of benzene rings is 1. The fourth-order valence-corrected chi connectivity index (χ4v) is 8.22. The predicted molar refractivity (Wildman–Crippen MR) is 171 cm³/mol. The third kappa shape index (κ3) is 9.46. The number of thiazole rings is 1. The molecule has 2 heterocycles. The molecule has 2 aliphatic rings. The van der Waals surface area contributed by atoms with Gasteiger partial charge in [0.1, 0.15) is 6.04 Å².